The van der Waals surface area contributed by atoms with Gasteiger partial charge in [-0.25, -0.2) is 0 Å². The largest absolute Gasteiger partial charge is 0.493 e. The lowest BCUT2D eigenvalue weighted by atomic mass is 10.0. The molecule has 1 heterocycles. The summed E-state index contributed by atoms with van der Waals surface area (Å²) >= 11 is 5.97. The normalized spacial score (nSPS) is 20.7. The fraction of sp³-hybridized carbons (Fsp3) is 0.400. The van der Waals surface area contributed by atoms with E-state index in [1.807, 2.05) is 13.0 Å². The lowest BCUT2D eigenvalue weighted by Gasteiger charge is -2.24. The van der Waals surface area contributed by atoms with Crippen molar-refractivity contribution in [2.75, 3.05) is 6.61 Å². The Bertz CT molecular complexity index is 336. The quantitative estimate of drug-likeness (QED) is 0.694. The highest BCUT2D eigenvalue weighted by atomic mass is 35.5. The molecule has 0 aromatic heterocycles. The number of aryl methyl sites for hydroxylation is 1. The number of benzene rings is 1. The van der Waals surface area contributed by atoms with Gasteiger partial charge in [-0.05, 0) is 18.6 Å². The van der Waals surface area contributed by atoms with Gasteiger partial charge in [-0.3, -0.25) is 0 Å². The Balaban J connectivity index is 2.60. The Morgan fingerprint density at radius 3 is 3.00 bits per heavy atom. The van der Waals surface area contributed by atoms with Gasteiger partial charge in [0.2, 0.25) is 0 Å². The first kappa shape index (κ1) is 8.85. The second kappa shape index (κ2) is 3.20. The van der Waals surface area contributed by atoms with Gasteiger partial charge in [0, 0.05) is 12.0 Å². The zero-order valence-corrected chi connectivity index (χ0v) is 8.14. The summed E-state index contributed by atoms with van der Waals surface area (Å²) in [7, 11) is 0. The van der Waals surface area contributed by atoms with Crippen LogP contribution in [0, 0.1) is 6.92 Å². The van der Waals surface area contributed by atoms with E-state index in [0.29, 0.717) is 18.1 Å². The van der Waals surface area contributed by atoms with Crippen molar-refractivity contribution < 1.29 is 9.84 Å². The van der Waals surface area contributed by atoms with Gasteiger partial charge in [-0.1, -0.05) is 17.7 Å². The number of aliphatic hydroxyl groups is 1. The molecular formula is C10H11ClO2. The Morgan fingerprint density at radius 2 is 2.31 bits per heavy atom. The summed E-state index contributed by atoms with van der Waals surface area (Å²) in [6, 6.07) is 3.70. The molecule has 0 saturated heterocycles. The summed E-state index contributed by atoms with van der Waals surface area (Å²) in [5.74, 6) is 0.756. The predicted octanol–water partition coefficient (Wildman–Crippen LogP) is 2.46. The number of ether oxygens (including phenoxy) is 1. The van der Waals surface area contributed by atoms with Crippen LogP contribution < -0.4 is 4.74 Å². The van der Waals surface area contributed by atoms with E-state index in [-0.39, 0.29) is 0 Å². The molecule has 0 bridgehead atoms. The van der Waals surface area contributed by atoms with Gasteiger partial charge in [0.1, 0.15) is 5.75 Å². The van der Waals surface area contributed by atoms with Crippen LogP contribution in [-0.2, 0) is 0 Å². The van der Waals surface area contributed by atoms with Gasteiger partial charge in [0.05, 0.1) is 17.7 Å². The van der Waals surface area contributed by atoms with Gasteiger partial charge in [0.15, 0.2) is 0 Å². The molecule has 1 aromatic rings. The molecule has 13 heavy (non-hydrogen) atoms. The van der Waals surface area contributed by atoms with Crippen LogP contribution in [-0.4, -0.2) is 11.7 Å². The Labute approximate surface area is 82.1 Å². The van der Waals surface area contributed by atoms with Crippen LogP contribution in [0.25, 0.3) is 0 Å². The molecule has 0 aliphatic carbocycles. The standard InChI is InChI=1S/C10H11ClO2/c1-6-2-3-7(11)9-8(12)4-5-13-10(6)9/h2-3,8,12H,4-5H2,1H3/t8-/m0/s1. The van der Waals surface area contributed by atoms with Crippen LogP contribution >= 0.6 is 11.6 Å². The van der Waals surface area contributed by atoms with Crippen LogP contribution in [0.4, 0.5) is 0 Å². The van der Waals surface area contributed by atoms with E-state index in [4.69, 9.17) is 16.3 Å². The number of fused-ring (bicyclic) bond motifs is 1. The summed E-state index contributed by atoms with van der Waals surface area (Å²) in [6.45, 7) is 2.52. The molecule has 3 heteroatoms. The van der Waals surface area contributed by atoms with Gasteiger partial charge >= 0.3 is 0 Å². The molecule has 1 aromatic carbocycles. The van der Waals surface area contributed by atoms with Crippen LogP contribution in [0.15, 0.2) is 12.1 Å². The predicted molar refractivity (Wildman–Crippen MR) is 51.3 cm³/mol. The summed E-state index contributed by atoms with van der Waals surface area (Å²) in [5, 5.41) is 10.3. The SMILES string of the molecule is Cc1ccc(Cl)c2c1OCC[C@@H]2O. The van der Waals surface area contributed by atoms with Gasteiger partial charge < -0.3 is 9.84 Å². The molecule has 1 aliphatic heterocycles. The molecule has 0 spiro atoms. The van der Waals surface area contributed by atoms with E-state index in [1.165, 1.54) is 0 Å². The maximum absolute atomic E-state index is 9.70. The van der Waals surface area contributed by atoms with E-state index < -0.39 is 6.10 Å². The second-order valence-corrected chi connectivity index (χ2v) is 3.67. The van der Waals surface area contributed by atoms with Crippen molar-refractivity contribution in [3.63, 3.8) is 0 Å². The van der Waals surface area contributed by atoms with Crippen LogP contribution in [0.5, 0.6) is 5.75 Å². The first-order valence-electron chi connectivity index (χ1n) is 4.30. The fourth-order valence-electron chi connectivity index (χ4n) is 1.60. The first-order chi connectivity index (χ1) is 6.20. The lowest BCUT2D eigenvalue weighted by molar-refractivity contribution is 0.115. The van der Waals surface area contributed by atoms with Crippen molar-refractivity contribution in [2.45, 2.75) is 19.4 Å². The number of rotatable bonds is 0. The molecule has 0 saturated carbocycles. The minimum Gasteiger partial charge on any atom is -0.493 e. The van der Waals surface area contributed by atoms with E-state index >= 15 is 0 Å². The topological polar surface area (TPSA) is 29.5 Å². The highest BCUT2D eigenvalue weighted by Crippen LogP contribution is 2.39. The number of hydrogen-bond donors (Lipinski definition) is 1. The molecule has 1 N–H and O–H groups in total. The lowest BCUT2D eigenvalue weighted by Crippen LogP contribution is -2.15. The van der Waals surface area contributed by atoms with Crippen molar-refractivity contribution in [1.82, 2.24) is 0 Å². The molecular weight excluding hydrogens is 188 g/mol. The molecule has 2 nitrogen and oxygen atoms in total. The monoisotopic (exact) mass is 198 g/mol. The number of aliphatic hydroxyl groups excluding tert-OH is 1. The second-order valence-electron chi connectivity index (χ2n) is 3.26. The number of halogens is 1. The van der Waals surface area contributed by atoms with Gasteiger partial charge in [-0.15, -0.1) is 0 Å². The van der Waals surface area contributed by atoms with Crippen LogP contribution in [0.3, 0.4) is 0 Å². The Kier molecular flexibility index (Phi) is 2.18. The molecule has 0 unspecified atom stereocenters. The first-order valence-corrected chi connectivity index (χ1v) is 4.68. The van der Waals surface area contributed by atoms with Crippen LogP contribution in [0.2, 0.25) is 5.02 Å². The third kappa shape index (κ3) is 1.40. The average molecular weight is 199 g/mol. The average Bonchev–Trinajstić information content (AvgIpc) is 2.12. The Hall–Kier alpha value is -0.730. The molecule has 0 radical (unpaired) electrons. The minimum atomic E-state index is -0.476. The van der Waals surface area contributed by atoms with Gasteiger partial charge in [0.25, 0.3) is 0 Å². The smallest absolute Gasteiger partial charge is 0.129 e. The van der Waals surface area contributed by atoms with E-state index in [2.05, 4.69) is 0 Å². The molecule has 0 amide bonds. The van der Waals surface area contributed by atoms with Crippen molar-refractivity contribution in [2.24, 2.45) is 0 Å². The third-order valence-corrected chi connectivity index (χ3v) is 2.64. The summed E-state index contributed by atoms with van der Waals surface area (Å²) in [6.07, 6.45) is 0.145. The molecule has 70 valence electrons. The summed E-state index contributed by atoms with van der Waals surface area (Å²) in [4.78, 5) is 0. The third-order valence-electron chi connectivity index (χ3n) is 2.31. The van der Waals surface area contributed by atoms with E-state index in [1.54, 1.807) is 6.07 Å². The maximum atomic E-state index is 9.70. The summed E-state index contributed by atoms with van der Waals surface area (Å²) < 4.78 is 5.46. The van der Waals surface area contributed by atoms with E-state index in [0.717, 1.165) is 16.9 Å². The van der Waals surface area contributed by atoms with Crippen LogP contribution in [0.1, 0.15) is 23.7 Å². The molecule has 0 fully saturated rings. The maximum Gasteiger partial charge on any atom is 0.129 e. The van der Waals surface area contributed by atoms with Gasteiger partial charge in [-0.2, -0.15) is 0 Å². The molecule has 2 rings (SSSR count). The Morgan fingerprint density at radius 1 is 1.54 bits per heavy atom. The zero-order valence-electron chi connectivity index (χ0n) is 7.38. The van der Waals surface area contributed by atoms with Crippen molar-refractivity contribution in [3.8, 4) is 5.75 Å². The number of hydrogen-bond acceptors (Lipinski definition) is 2. The summed E-state index contributed by atoms with van der Waals surface area (Å²) in [5.41, 5.74) is 1.77. The molecule has 1 aliphatic rings. The zero-order chi connectivity index (χ0) is 9.42. The molecule has 1 atom stereocenters. The van der Waals surface area contributed by atoms with Crippen molar-refractivity contribution in [3.05, 3.63) is 28.3 Å². The van der Waals surface area contributed by atoms with E-state index in [9.17, 15) is 5.11 Å². The highest BCUT2D eigenvalue weighted by Gasteiger charge is 2.23. The van der Waals surface area contributed by atoms with Crippen molar-refractivity contribution >= 4 is 11.6 Å². The highest BCUT2D eigenvalue weighted by molar-refractivity contribution is 6.31. The van der Waals surface area contributed by atoms with Crippen molar-refractivity contribution in [1.29, 1.82) is 0 Å². The minimum absolute atomic E-state index is 0.476. The fourth-order valence-corrected chi connectivity index (χ4v) is 1.88.